The number of hydrogen-bond donors (Lipinski definition) is 2. The molecular formula is C15H20N2S. The Hall–Kier alpha value is -1.16. The zero-order chi connectivity index (χ0) is 13.0. The van der Waals surface area contributed by atoms with Crippen LogP contribution in [-0.4, -0.2) is 0 Å². The summed E-state index contributed by atoms with van der Waals surface area (Å²) in [5, 5.41) is 2.12. The molecule has 0 amide bonds. The Balaban J connectivity index is 2.10. The van der Waals surface area contributed by atoms with E-state index >= 15 is 0 Å². The third-order valence-corrected chi connectivity index (χ3v) is 4.42. The molecule has 0 fully saturated rings. The molecule has 96 valence electrons. The monoisotopic (exact) mass is 260 g/mol. The fourth-order valence-electron chi connectivity index (χ4n) is 2.22. The molecule has 0 aliphatic rings. The van der Waals surface area contributed by atoms with Gasteiger partial charge < -0.3 is 0 Å². The summed E-state index contributed by atoms with van der Waals surface area (Å²) in [7, 11) is 0. The maximum Gasteiger partial charge on any atom is 0.0466 e. The lowest BCUT2D eigenvalue weighted by molar-refractivity contribution is 0.515. The second-order valence-corrected chi connectivity index (χ2v) is 5.66. The minimum absolute atomic E-state index is 0.229. The van der Waals surface area contributed by atoms with Crippen LogP contribution in [0.5, 0.6) is 0 Å². The highest BCUT2D eigenvalue weighted by atomic mass is 32.1. The summed E-state index contributed by atoms with van der Waals surface area (Å²) in [6.07, 6.45) is 2.10. The van der Waals surface area contributed by atoms with Crippen LogP contribution in [0, 0.1) is 13.8 Å². The molecule has 1 aromatic heterocycles. The van der Waals surface area contributed by atoms with Crippen molar-refractivity contribution in [2.45, 2.75) is 32.7 Å². The fraction of sp³-hybridized carbons (Fsp3) is 0.333. The highest BCUT2D eigenvalue weighted by molar-refractivity contribution is 7.09. The Morgan fingerprint density at radius 1 is 1.22 bits per heavy atom. The van der Waals surface area contributed by atoms with Crippen molar-refractivity contribution in [3.8, 4) is 0 Å². The SMILES string of the molecule is Cc1cccc(C(CCc2cccs2)NN)c1C. The van der Waals surface area contributed by atoms with Gasteiger partial charge in [0.2, 0.25) is 0 Å². The number of hydrazine groups is 1. The third kappa shape index (κ3) is 2.99. The Morgan fingerprint density at radius 2 is 2.06 bits per heavy atom. The molecule has 1 unspecified atom stereocenters. The van der Waals surface area contributed by atoms with Crippen molar-refractivity contribution in [2.24, 2.45) is 5.84 Å². The first-order chi connectivity index (χ1) is 8.72. The summed E-state index contributed by atoms with van der Waals surface area (Å²) < 4.78 is 0. The first kappa shape index (κ1) is 13.3. The van der Waals surface area contributed by atoms with Crippen LogP contribution in [0.2, 0.25) is 0 Å². The summed E-state index contributed by atoms with van der Waals surface area (Å²) in [5.41, 5.74) is 6.93. The minimum Gasteiger partial charge on any atom is -0.271 e. The minimum atomic E-state index is 0.229. The number of aryl methyl sites for hydroxylation is 2. The number of benzene rings is 1. The topological polar surface area (TPSA) is 38.0 Å². The number of nitrogens with two attached hydrogens (primary N) is 1. The largest absolute Gasteiger partial charge is 0.271 e. The molecule has 2 aromatic rings. The van der Waals surface area contributed by atoms with Crippen molar-refractivity contribution in [3.05, 3.63) is 57.3 Å². The normalized spacial score (nSPS) is 12.6. The fourth-order valence-corrected chi connectivity index (χ4v) is 2.95. The van der Waals surface area contributed by atoms with E-state index in [1.54, 1.807) is 0 Å². The smallest absolute Gasteiger partial charge is 0.0466 e. The molecule has 0 saturated carbocycles. The van der Waals surface area contributed by atoms with Gasteiger partial charge in [-0.15, -0.1) is 11.3 Å². The molecule has 1 heterocycles. The van der Waals surface area contributed by atoms with Crippen LogP contribution in [0.1, 0.15) is 34.0 Å². The molecule has 0 radical (unpaired) electrons. The first-order valence-electron chi connectivity index (χ1n) is 6.27. The van der Waals surface area contributed by atoms with Gasteiger partial charge in [0.1, 0.15) is 0 Å². The molecule has 3 N–H and O–H groups in total. The van der Waals surface area contributed by atoms with Gasteiger partial charge in [-0.05, 0) is 54.8 Å². The molecule has 0 spiro atoms. The van der Waals surface area contributed by atoms with Crippen LogP contribution in [0.25, 0.3) is 0 Å². The van der Waals surface area contributed by atoms with Gasteiger partial charge in [-0.3, -0.25) is 11.3 Å². The van der Waals surface area contributed by atoms with E-state index in [0.29, 0.717) is 0 Å². The number of hydrogen-bond acceptors (Lipinski definition) is 3. The Kier molecular flexibility index (Phi) is 4.53. The van der Waals surface area contributed by atoms with Crippen molar-refractivity contribution >= 4 is 11.3 Å². The van der Waals surface area contributed by atoms with Gasteiger partial charge in [-0.25, -0.2) is 0 Å². The predicted octanol–water partition coefficient (Wildman–Crippen LogP) is 3.50. The lowest BCUT2D eigenvalue weighted by Gasteiger charge is -2.19. The zero-order valence-corrected chi connectivity index (χ0v) is 11.8. The number of rotatable bonds is 5. The summed E-state index contributed by atoms with van der Waals surface area (Å²) in [6.45, 7) is 4.31. The van der Waals surface area contributed by atoms with Crippen LogP contribution in [0.4, 0.5) is 0 Å². The van der Waals surface area contributed by atoms with Gasteiger partial charge >= 0.3 is 0 Å². The molecule has 2 rings (SSSR count). The van der Waals surface area contributed by atoms with Gasteiger partial charge in [-0.2, -0.15) is 0 Å². The number of thiophene rings is 1. The molecule has 1 atom stereocenters. The molecule has 0 saturated heterocycles. The average molecular weight is 260 g/mol. The molecule has 0 aliphatic carbocycles. The standard InChI is InChI=1S/C15H20N2S/c1-11-5-3-7-14(12(11)2)15(17-16)9-8-13-6-4-10-18-13/h3-7,10,15,17H,8-9,16H2,1-2H3. The zero-order valence-electron chi connectivity index (χ0n) is 10.9. The van der Waals surface area contributed by atoms with E-state index in [0.717, 1.165) is 12.8 Å². The van der Waals surface area contributed by atoms with Crippen molar-refractivity contribution in [1.29, 1.82) is 0 Å². The van der Waals surface area contributed by atoms with Crippen LogP contribution >= 0.6 is 11.3 Å². The van der Waals surface area contributed by atoms with E-state index < -0.39 is 0 Å². The lowest BCUT2D eigenvalue weighted by atomic mass is 9.95. The van der Waals surface area contributed by atoms with Crippen molar-refractivity contribution in [3.63, 3.8) is 0 Å². The highest BCUT2D eigenvalue weighted by Crippen LogP contribution is 2.24. The summed E-state index contributed by atoms with van der Waals surface area (Å²) in [4.78, 5) is 1.42. The molecule has 3 heteroatoms. The van der Waals surface area contributed by atoms with Crippen molar-refractivity contribution in [1.82, 2.24) is 5.43 Å². The molecule has 1 aromatic carbocycles. The van der Waals surface area contributed by atoms with Crippen LogP contribution < -0.4 is 11.3 Å². The summed E-state index contributed by atoms with van der Waals surface area (Å²) in [5.74, 6) is 5.72. The van der Waals surface area contributed by atoms with E-state index in [4.69, 9.17) is 5.84 Å². The Labute approximate surface area is 113 Å². The van der Waals surface area contributed by atoms with Crippen LogP contribution in [0.15, 0.2) is 35.7 Å². The van der Waals surface area contributed by atoms with E-state index in [9.17, 15) is 0 Å². The number of nitrogens with one attached hydrogen (secondary N) is 1. The van der Waals surface area contributed by atoms with Crippen LogP contribution in [-0.2, 0) is 6.42 Å². The summed E-state index contributed by atoms with van der Waals surface area (Å²) >= 11 is 1.81. The quantitative estimate of drug-likeness (QED) is 0.638. The van der Waals surface area contributed by atoms with Gasteiger partial charge in [0.15, 0.2) is 0 Å². The highest BCUT2D eigenvalue weighted by Gasteiger charge is 2.13. The lowest BCUT2D eigenvalue weighted by Crippen LogP contribution is -2.29. The van der Waals surface area contributed by atoms with Crippen LogP contribution in [0.3, 0.4) is 0 Å². The predicted molar refractivity (Wildman–Crippen MR) is 78.6 cm³/mol. The van der Waals surface area contributed by atoms with Crippen molar-refractivity contribution < 1.29 is 0 Å². The van der Waals surface area contributed by atoms with E-state index in [1.165, 1.54) is 21.6 Å². The molecule has 0 bridgehead atoms. The van der Waals surface area contributed by atoms with E-state index in [1.807, 2.05) is 11.3 Å². The molecule has 2 nitrogen and oxygen atoms in total. The first-order valence-corrected chi connectivity index (χ1v) is 7.15. The maximum atomic E-state index is 5.72. The third-order valence-electron chi connectivity index (χ3n) is 3.48. The second-order valence-electron chi connectivity index (χ2n) is 4.63. The molecule has 18 heavy (non-hydrogen) atoms. The van der Waals surface area contributed by atoms with E-state index in [-0.39, 0.29) is 6.04 Å². The summed E-state index contributed by atoms with van der Waals surface area (Å²) in [6, 6.07) is 10.9. The van der Waals surface area contributed by atoms with E-state index in [2.05, 4.69) is 55.0 Å². The second kappa shape index (κ2) is 6.14. The molecular weight excluding hydrogens is 240 g/mol. The Bertz CT molecular complexity index is 491. The average Bonchev–Trinajstić information content (AvgIpc) is 2.88. The van der Waals surface area contributed by atoms with Gasteiger partial charge in [0, 0.05) is 10.9 Å². The Morgan fingerprint density at radius 3 is 2.72 bits per heavy atom. The van der Waals surface area contributed by atoms with Gasteiger partial charge in [0.25, 0.3) is 0 Å². The molecule has 0 aliphatic heterocycles. The van der Waals surface area contributed by atoms with Gasteiger partial charge in [0.05, 0.1) is 0 Å². The van der Waals surface area contributed by atoms with Gasteiger partial charge in [-0.1, -0.05) is 24.3 Å². The maximum absolute atomic E-state index is 5.72. The van der Waals surface area contributed by atoms with Crippen molar-refractivity contribution in [2.75, 3.05) is 0 Å².